The lowest BCUT2D eigenvalue weighted by Gasteiger charge is -2.46. The van der Waals surface area contributed by atoms with Crippen LogP contribution in [0.1, 0.15) is 20.8 Å². The van der Waals surface area contributed by atoms with E-state index in [1.54, 1.807) is 0 Å². The van der Waals surface area contributed by atoms with Crippen LogP contribution in [0.2, 0.25) is 0 Å². The molecule has 198 valence electrons. The molecule has 0 saturated heterocycles. The molecule has 0 saturated carbocycles. The van der Waals surface area contributed by atoms with Crippen LogP contribution in [-0.4, -0.2) is 5.54 Å². The number of thiophene rings is 1. The first kappa shape index (κ1) is 24.2. The number of anilines is 5. The molecule has 8 rings (SSSR count). The minimum atomic E-state index is -0.0747. The van der Waals surface area contributed by atoms with E-state index in [4.69, 9.17) is 0 Å². The molecule has 0 aliphatic carbocycles. The third kappa shape index (κ3) is 3.69. The highest BCUT2D eigenvalue weighted by Crippen LogP contribution is 2.55. The Labute approximate surface area is 244 Å². The largest absolute Gasteiger partial charge is 0.333 e. The summed E-state index contributed by atoms with van der Waals surface area (Å²) in [5.74, 6) is 0. The monoisotopic (exact) mass is 546 g/mol. The van der Waals surface area contributed by atoms with Crippen molar-refractivity contribution in [2.75, 3.05) is 9.80 Å². The lowest BCUT2D eigenvalue weighted by atomic mass is 9.94. The molecule has 1 aliphatic rings. The van der Waals surface area contributed by atoms with E-state index in [2.05, 4.69) is 158 Å². The molecule has 0 N–H and O–H groups in total. The average Bonchev–Trinajstić information content (AvgIpc) is 3.37. The van der Waals surface area contributed by atoms with Crippen molar-refractivity contribution in [3.8, 4) is 11.1 Å². The quantitative estimate of drug-likeness (QED) is 0.213. The van der Waals surface area contributed by atoms with Gasteiger partial charge in [-0.3, -0.25) is 0 Å². The number of benzene rings is 6. The zero-order valence-corrected chi connectivity index (χ0v) is 24.2. The van der Waals surface area contributed by atoms with Crippen LogP contribution in [0, 0.1) is 0 Å². The maximum absolute atomic E-state index is 2.48. The molecule has 0 atom stereocenters. The zero-order chi connectivity index (χ0) is 27.7. The minimum absolute atomic E-state index is 0.0747. The summed E-state index contributed by atoms with van der Waals surface area (Å²) < 4.78 is 2.67. The normalized spacial score (nSPS) is 13.1. The van der Waals surface area contributed by atoms with Gasteiger partial charge < -0.3 is 9.80 Å². The standard InChI is InChI=1S/C38H30N2S/c1-38(2,3)40-34-17-9-7-15-32(34)39(33-16-8-10-18-35(33)40)31-22-21-26(27-12-4-5-13-28(27)31)25-20-23-37-30(24-25)29-14-6-11-19-36(29)41-37/h4-24H,1-3H3. The zero-order valence-electron chi connectivity index (χ0n) is 23.4. The van der Waals surface area contributed by atoms with Crippen molar-refractivity contribution in [1.82, 2.24) is 0 Å². The molecule has 0 fully saturated rings. The second kappa shape index (κ2) is 8.95. The summed E-state index contributed by atoms with van der Waals surface area (Å²) in [6, 6.07) is 46.8. The molecule has 0 unspecified atom stereocenters. The Morgan fingerprint density at radius 1 is 0.463 bits per heavy atom. The maximum atomic E-state index is 2.48. The van der Waals surface area contributed by atoms with E-state index in [1.807, 2.05) is 11.3 Å². The van der Waals surface area contributed by atoms with Crippen molar-refractivity contribution in [2.45, 2.75) is 26.3 Å². The molecule has 0 amide bonds. The molecule has 0 bridgehead atoms. The number of para-hydroxylation sites is 4. The SMILES string of the molecule is CC(C)(C)N1c2ccccc2N(c2ccc(-c3ccc4sc5ccccc5c4c3)c3ccccc23)c2ccccc21. The summed E-state index contributed by atoms with van der Waals surface area (Å²) >= 11 is 1.87. The summed E-state index contributed by atoms with van der Waals surface area (Å²) in [4.78, 5) is 4.93. The van der Waals surface area contributed by atoms with Gasteiger partial charge in [0.15, 0.2) is 0 Å². The third-order valence-corrected chi connectivity index (χ3v) is 9.38. The number of rotatable bonds is 2. The smallest absolute Gasteiger partial charge is 0.0700 e. The summed E-state index contributed by atoms with van der Waals surface area (Å²) in [6.45, 7) is 6.86. The fourth-order valence-electron chi connectivity index (χ4n) is 6.55. The van der Waals surface area contributed by atoms with Crippen LogP contribution in [0.3, 0.4) is 0 Å². The molecular weight excluding hydrogens is 516 g/mol. The number of hydrogen-bond donors (Lipinski definition) is 0. The number of hydrogen-bond acceptors (Lipinski definition) is 3. The van der Waals surface area contributed by atoms with Gasteiger partial charge in [-0.2, -0.15) is 0 Å². The summed E-state index contributed by atoms with van der Waals surface area (Å²) in [6.07, 6.45) is 0. The van der Waals surface area contributed by atoms with Crippen LogP contribution in [0.25, 0.3) is 42.1 Å². The second-order valence-electron chi connectivity index (χ2n) is 11.8. The van der Waals surface area contributed by atoms with E-state index < -0.39 is 0 Å². The molecule has 2 nitrogen and oxygen atoms in total. The van der Waals surface area contributed by atoms with Crippen LogP contribution in [-0.2, 0) is 0 Å². The molecule has 3 heteroatoms. The van der Waals surface area contributed by atoms with Gasteiger partial charge in [0.25, 0.3) is 0 Å². The Morgan fingerprint density at radius 2 is 1.02 bits per heavy atom. The van der Waals surface area contributed by atoms with E-state index in [0.717, 1.165) is 0 Å². The van der Waals surface area contributed by atoms with Gasteiger partial charge >= 0.3 is 0 Å². The fraction of sp³-hybridized carbons (Fsp3) is 0.105. The summed E-state index contributed by atoms with van der Waals surface area (Å²) in [7, 11) is 0. The predicted octanol–water partition coefficient (Wildman–Crippen LogP) is 11.6. The molecule has 0 radical (unpaired) electrons. The number of fused-ring (bicyclic) bond motifs is 6. The summed E-state index contributed by atoms with van der Waals surface area (Å²) in [5.41, 5.74) is 8.48. The Hall–Kier alpha value is -4.60. The molecule has 2 heterocycles. The van der Waals surface area contributed by atoms with Crippen molar-refractivity contribution in [3.63, 3.8) is 0 Å². The lowest BCUT2D eigenvalue weighted by Crippen LogP contribution is -2.41. The van der Waals surface area contributed by atoms with Gasteiger partial charge in [-0.25, -0.2) is 0 Å². The highest BCUT2D eigenvalue weighted by molar-refractivity contribution is 7.25. The number of nitrogens with zero attached hydrogens (tertiary/aromatic N) is 2. The van der Waals surface area contributed by atoms with E-state index in [9.17, 15) is 0 Å². The van der Waals surface area contributed by atoms with Crippen LogP contribution >= 0.6 is 11.3 Å². The molecule has 41 heavy (non-hydrogen) atoms. The van der Waals surface area contributed by atoms with Crippen molar-refractivity contribution in [2.24, 2.45) is 0 Å². The molecule has 1 aromatic heterocycles. The first-order chi connectivity index (χ1) is 20.0. The fourth-order valence-corrected chi connectivity index (χ4v) is 7.64. The van der Waals surface area contributed by atoms with Crippen LogP contribution in [0.5, 0.6) is 0 Å². The highest BCUT2D eigenvalue weighted by Gasteiger charge is 2.35. The van der Waals surface area contributed by atoms with Gasteiger partial charge in [0, 0.05) is 31.1 Å². The second-order valence-corrected chi connectivity index (χ2v) is 12.9. The van der Waals surface area contributed by atoms with Gasteiger partial charge in [-0.15, -0.1) is 11.3 Å². The van der Waals surface area contributed by atoms with Crippen LogP contribution in [0.4, 0.5) is 28.4 Å². The molecule has 1 aliphatic heterocycles. The van der Waals surface area contributed by atoms with Crippen molar-refractivity contribution >= 4 is 70.7 Å². The first-order valence-corrected chi connectivity index (χ1v) is 15.0. The van der Waals surface area contributed by atoms with Gasteiger partial charge in [0.2, 0.25) is 0 Å². The Morgan fingerprint density at radius 3 is 1.71 bits per heavy atom. The molecule has 0 spiro atoms. The Kier molecular flexibility index (Phi) is 5.29. The van der Waals surface area contributed by atoms with Gasteiger partial charge in [-0.1, -0.05) is 78.9 Å². The van der Waals surface area contributed by atoms with Crippen LogP contribution in [0.15, 0.2) is 127 Å². The van der Waals surface area contributed by atoms with E-state index >= 15 is 0 Å². The van der Waals surface area contributed by atoms with E-state index in [-0.39, 0.29) is 5.54 Å². The van der Waals surface area contributed by atoms with E-state index in [0.29, 0.717) is 0 Å². The lowest BCUT2D eigenvalue weighted by molar-refractivity contribution is 0.559. The van der Waals surface area contributed by atoms with E-state index in [1.165, 1.54) is 70.5 Å². The topological polar surface area (TPSA) is 6.48 Å². The Bertz CT molecular complexity index is 2070. The minimum Gasteiger partial charge on any atom is -0.333 e. The van der Waals surface area contributed by atoms with Crippen LogP contribution < -0.4 is 9.80 Å². The van der Waals surface area contributed by atoms with Crippen molar-refractivity contribution in [3.05, 3.63) is 127 Å². The van der Waals surface area contributed by atoms with Gasteiger partial charge in [0.05, 0.1) is 28.4 Å². The Balaban J connectivity index is 1.36. The average molecular weight is 547 g/mol. The van der Waals surface area contributed by atoms with Gasteiger partial charge in [-0.05, 0) is 85.8 Å². The first-order valence-electron chi connectivity index (χ1n) is 14.2. The summed E-state index contributed by atoms with van der Waals surface area (Å²) in [5, 5.41) is 5.17. The van der Waals surface area contributed by atoms with Crippen molar-refractivity contribution < 1.29 is 0 Å². The third-order valence-electron chi connectivity index (χ3n) is 8.23. The molecule has 7 aromatic rings. The van der Waals surface area contributed by atoms with Gasteiger partial charge in [0.1, 0.15) is 0 Å². The molecule has 6 aromatic carbocycles. The predicted molar refractivity (Wildman–Crippen MR) is 179 cm³/mol. The molecular formula is C38H30N2S. The highest BCUT2D eigenvalue weighted by atomic mass is 32.1. The maximum Gasteiger partial charge on any atom is 0.0700 e. The van der Waals surface area contributed by atoms with Crippen molar-refractivity contribution in [1.29, 1.82) is 0 Å².